The first-order valence-corrected chi connectivity index (χ1v) is 7.41. The van der Waals surface area contributed by atoms with Crippen molar-refractivity contribution in [1.29, 1.82) is 0 Å². The number of aliphatic hydroxyl groups is 1. The monoisotopic (exact) mass is 309 g/mol. The van der Waals surface area contributed by atoms with E-state index in [1.165, 1.54) is 0 Å². The van der Waals surface area contributed by atoms with Crippen LogP contribution in [0.5, 0.6) is 11.5 Å². The Morgan fingerprint density at radius 1 is 1.32 bits per heavy atom. The molecule has 6 nitrogen and oxygen atoms in total. The largest absolute Gasteiger partial charge is 0.497 e. The van der Waals surface area contributed by atoms with Crippen LogP contribution < -0.4 is 20.5 Å². The molecule has 0 heterocycles. The minimum Gasteiger partial charge on any atom is -0.497 e. The van der Waals surface area contributed by atoms with Gasteiger partial charge in [0.25, 0.3) is 0 Å². The molecule has 0 aliphatic heterocycles. The van der Waals surface area contributed by atoms with Crippen molar-refractivity contribution in [2.75, 3.05) is 27.3 Å². The molecule has 0 aliphatic rings. The third kappa shape index (κ3) is 5.81. The van der Waals surface area contributed by atoms with Gasteiger partial charge in [-0.15, -0.1) is 0 Å². The molecule has 22 heavy (non-hydrogen) atoms. The van der Waals surface area contributed by atoms with Gasteiger partial charge in [-0.25, -0.2) is 0 Å². The summed E-state index contributed by atoms with van der Waals surface area (Å²) in [6.45, 7) is 5.22. The van der Waals surface area contributed by atoms with E-state index in [4.69, 9.17) is 15.2 Å². The maximum absolute atomic E-state index is 10.3. The lowest BCUT2D eigenvalue weighted by Crippen LogP contribution is -2.33. The number of hydrogen-bond acceptors (Lipinski definition) is 4. The lowest BCUT2D eigenvalue weighted by molar-refractivity contribution is 0.182. The Kier molecular flexibility index (Phi) is 7.52. The Labute approximate surface area is 132 Å². The van der Waals surface area contributed by atoms with E-state index < -0.39 is 6.10 Å². The number of aliphatic hydroxyl groups excluding tert-OH is 1. The van der Waals surface area contributed by atoms with Gasteiger partial charge in [0.1, 0.15) is 17.6 Å². The Balaban J connectivity index is 2.66. The summed E-state index contributed by atoms with van der Waals surface area (Å²) < 4.78 is 10.4. The van der Waals surface area contributed by atoms with Crippen LogP contribution in [0.1, 0.15) is 31.9 Å². The first-order chi connectivity index (χ1) is 10.5. The van der Waals surface area contributed by atoms with Crippen molar-refractivity contribution in [3.8, 4) is 11.5 Å². The van der Waals surface area contributed by atoms with Crippen LogP contribution in [-0.4, -0.2) is 38.4 Å². The fourth-order valence-corrected chi connectivity index (χ4v) is 1.93. The zero-order valence-electron chi connectivity index (χ0n) is 13.8. The van der Waals surface area contributed by atoms with Crippen molar-refractivity contribution >= 4 is 5.96 Å². The Hall–Kier alpha value is -1.95. The van der Waals surface area contributed by atoms with E-state index in [0.29, 0.717) is 28.9 Å². The van der Waals surface area contributed by atoms with Crippen molar-refractivity contribution in [1.82, 2.24) is 5.32 Å². The maximum Gasteiger partial charge on any atom is 0.188 e. The summed E-state index contributed by atoms with van der Waals surface area (Å²) in [6.07, 6.45) is 0.207. The number of benzene rings is 1. The summed E-state index contributed by atoms with van der Waals surface area (Å²) in [7, 11) is 3.13. The second-order valence-corrected chi connectivity index (χ2v) is 5.46. The zero-order chi connectivity index (χ0) is 16.5. The Morgan fingerprint density at radius 2 is 2.05 bits per heavy atom. The van der Waals surface area contributed by atoms with Gasteiger partial charge in [-0.1, -0.05) is 13.8 Å². The van der Waals surface area contributed by atoms with Crippen molar-refractivity contribution in [2.24, 2.45) is 16.6 Å². The molecular weight excluding hydrogens is 282 g/mol. The zero-order valence-corrected chi connectivity index (χ0v) is 13.8. The summed E-state index contributed by atoms with van der Waals surface area (Å²) in [5.74, 6) is 2.19. The third-order valence-electron chi connectivity index (χ3n) is 3.26. The second-order valence-electron chi connectivity index (χ2n) is 5.46. The smallest absolute Gasteiger partial charge is 0.188 e. The van der Waals surface area contributed by atoms with Gasteiger partial charge >= 0.3 is 0 Å². The lowest BCUT2D eigenvalue weighted by Gasteiger charge is -2.15. The number of nitrogens with two attached hydrogens (primary N) is 1. The van der Waals surface area contributed by atoms with Crippen LogP contribution in [0.25, 0.3) is 0 Å². The molecule has 0 amide bonds. The molecule has 1 atom stereocenters. The van der Waals surface area contributed by atoms with Crippen LogP contribution in [0.3, 0.4) is 0 Å². The molecular formula is C16H27N3O3. The van der Waals surface area contributed by atoms with E-state index in [1.807, 2.05) is 0 Å². The average Bonchev–Trinajstić information content (AvgIpc) is 2.51. The van der Waals surface area contributed by atoms with E-state index in [9.17, 15) is 5.11 Å². The molecule has 1 unspecified atom stereocenters. The quantitative estimate of drug-likeness (QED) is 0.502. The molecule has 1 aromatic carbocycles. The van der Waals surface area contributed by atoms with Gasteiger partial charge in [-0.3, -0.25) is 4.99 Å². The molecule has 0 aromatic heterocycles. The van der Waals surface area contributed by atoms with E-state index in [-0.39, 0.29) is 6.54 Å². The third-order valence-corrected chi connectivity index (χ3v) is 3.26. The Morgan fingerprint density at radius 3 is 2.64 bits per heavy atom. The summed E-state index contributed by atoms with van der Waals surface area (Å²) in [6, 6.07) is 5.27. The van der Waals surface area contributed by atoms with Crippen LogP contribution >= 0.6 is 0 Å². The predicted octanol–water partition coefficient (Wildman–Crippen LogP) is 1.69. The molecule has 0 aliphatic carbocycles. The van der Waals surface area contributed by atoms with Gasteiger partial charge in [0.05, 0.1) is 20.8 Å². The molecule has 0 fully saturated rings. The van der Waals surface area contributed by atoms with Crippen LogP contribution in [0.2, 0.25) is 0 Å². The van der Waals surface area contributed by atoms with Crippen molar-refractivity contribution < 1.29 is 14.6 Å². The van der Waals surface area contributed by atoms with Crippen LogP contribution in [0.4, 0.5) is 0 Å². The number of methoxy groups -OCH3 is 2. The SMILES string of the molecule is COc1ccc(OC)c(C(O)CN=C(N)NCCC(C)C)c1. The number of nitrogens with one attached hydrogen (secondary N) is 1. The van der Waals surface area contributed by atoms with Gasteiger partial charge < -0.3 is 25.6 Å². The lowest BCUT2D eigenvalue weighted by atomic mass is 10.1. The fourth-order valence-electron chi connectivity index (χ4n) is 1.93. The molecule has 124 valence electrons. The average molecular weight is 309 g/mol. The molecule has 4 N–H and O–H groups in total. The molecule has 1 aromatic rings. The predicted molar refractivity (Wildman–Crippen MR) is 88.5 cm³/mol. The first kappa shape index (κ1) is 18.1. The van der Waals surface area contributed by atoms with E-state index in [1.54, 1.807) is 32.4 Å². The number of ether oxygens (including phenoxy) is 2. The second kappa shape index (κ2) is 9.15. The van der Waals surface area contributed by atoms with E-state index in [2.05, 4.69) is 24.2 Å². The van der Waals surface area contributed by atoms with Gasteiger partial charge in [0.15, 0.2) is 5.96 Å². The molecule has 0 saturated carbocycles. The number of guanidine groups is 1. The normalized spacial score (nSPS) is 13.1. The molecule has 0 saturated heterocycles. The van der Waals surface area contributed by atoms with E-state index >= 15 is 0 Å². The highest BCUT2D eigenvalue weighted by molar-refractivity contribution is 5.77. The van der Waals surface area contributed by atoms with Crippen molar-refractivity contribution in [3.63, 3.8) is 0 Å². The highest BCUT2D eigenvalue weighted by Gasteiger charge is 2.14. The van der Waals surface area contributed by atoms with Gasteiger partial charge in [0.2, 0.25) is 0 Å². The summed E-state index contributed by atoms with van der Waals surface area (Å²) in [5.41, 5.74) is 6.41. The number of rotatable bonds is 8. The first-order valence-electron chi connectivity index (χ1n) is 7.41. The molecule has 0 radical (unpaired) electrons. The minimum atomic E-state index is -0.810. The highest BCUT2D eigenvalue weighted by Crippen LogP contribution is 2.29. The number of aliphatic imine (C=N–C) groups is 1. The van der Waals surface area contributed by atoms with Crippen molar-refractivity contribution in [2.45, 2.75) is 26.4 Å². The summed E-state index contributed by atoms with van der Waals surface area (Å²) in [4.78, 5) is 4.17. The molecule has 0 bridgehead atoms. The fraction of sp³-hybridized carbons (Fsp3) is 0.562. The summed E-state index contributed by atoms with van der Waals surface area (Å²) in [5, 5.41) is 13.3. The maximum atomic E-state index is 10.3. The van der Waals surface area contributed by atoms with Crippen LogP contribution in [0, 0.1) is 5.92 Å². The van der Waals surface area contributed by atoms with Crippen LogP contribution in [0.15, 0.2) is 23.2 Å². The molecule has 6 heteroatoms. The molecule has 1 rings (SSSR count). The topological polar surface area (TPSA) is 89.1 Å². The highest BCUT2D eigenvalue weighted by atomic mass is 16.5. The number of nitrogens with zero attached hydrogens (tertiary/aromatic N) is 1. The van der Waals surface area contributed by atoms with Gasteiger partial charge in [-0.2, -0.15) is 0 Å². The van der Waals surface area contributed by atoms with E-state index in [0.717, 1.165) is 13.0 Å². The minimum absolute atomic E-state index is 0.157. The van der Waals surface area contributed by atoms with Crippen molar-refractivity contribution in [3.05, 3.63) is 23.8 Å². The molecule has 0 spiro atoms. The number of hydrogen-bond donors (Lipinski definition) is 3. The Bertz CT molecular complexity index is 490. The van der Waals surface area contributed by atoms with Gasteiger partial charge in [-0.05, 0) is 30.5 Å². The van der Waals surface area contributed by atoms with Gasteiger partial charge in [0, 0.05) is 12.1 Å². The standard InChI is InChI=1S/C16H27N3O3/c1-11(2)7-8-18-16(17)19-10-14(20)13-9-12(21-3)5-6-15(13)22-4/h5-6,9,11,14,20H,7-8,10H2,1-4H3,(H3,17,18,19). The van der Waals surface area contributed by atoms with Crippen LogP contribution in [-0.2, 0) is 0 Å². The summed E-state index contributed by atoms with van der Waals surface area (Å²) >= 11 is 0.